The summed E-state index contributed by atoms with van der Waals surface area (Å²) in [5.74, 6) is 3.36. The summed E-state index contributed by atoms with van der Waals surface area (Å²) >= 11 is 0. The van der Waals surface area contributed by atoms with Crippen LogP contribution in [-0.2, 0) is 0 Å². The van der Waals surface area contributed by atoms with Gasteiger partial charge in [-0.15, -0.1) is 0 Å². The monoisotopic (exact) mass is 414 g/mol. The molecule has 0 saturated carbocycles. The van der Waals surface area contributed by atoms with Crippen LogP contribution in [0.3, 0.4) is 0 Å². The van der Waals surface area contributed by atoms with Crippen LogP contribution < -0.4 is 10.2 Å². The maximum Gasteiger partial charge on any atom is 0.156 e. The Bertz CT molecular complexity index is 998. The number of nitrogens with zero attached hydrogens (tertiary/aromatic N) is 5. The van der Waals surface area contributed by atoms with Crippen LogP contribution in [0.5, 0.6) is 0 Å². The number of likely N-dealkylation sites (tertiary alicyclic amines) is 1. The molecule has 5 rings (SSSR count). The molecule has 0 atom stereocenters. The second kappa shape index (κ2) is 9.02. The van der Waals surface area contributed by atoms with Gasteiger partial charge >= 0.3 is 0 Å². The normalized spacial score (nSPS) is 20.0. The summed E-state index contributed by atoms with van der Waals surface area (Å²) in [5.41, 5.74) is 2.40. The second-order valence-corrected chi connectivity index (χ2v) is 8.69. The third-order valence-corrected chi connectivity index (χ3v) is 6.19. The highest BCUT2D eigenvalue weighted by atomic mass is 15.3. The lowest BCUT2D eigenvalue weighted by atomic mass is 10.0. The number of aliphatic imine (C=N–C) groups is 1. The molecule has 0 unspecified atom stereocenters. The first-order chi connectivity index (χ1) is 15.2. The molecule has 1 N–H and O–H groups in total. The Morgan fingerprint density at radius 1 is 1.00 bits per heavy atom. The average Bonchev–Trinajstić information content (AvgIpc) is 3.17. The van der Waals surface area contributed by atoms with Crippen molar-refractivity contribution < 1.29 is 0 Å². The van der Waals surface area contributed by atoms with E-state index in [1.54, 1.807) is 0 Å². The Hall–Kier alpha value is -2.99. The Labute approximate surface area is 184 Å². The third kappa shape index (κ3) is 4.85. The van der Waals surface area contributed by atoms with Crippen molar-refractivity contribution in [3.63, 3.8) is 0 Å². The van der Waals surface area contributed by atoms with Crippen molar-refractivity contribution >= 4 is 29.6 Å². The van der Waals surface area contributed by atoms with Crippen LogP contribution in [0.15, 0.2) is 53.0 Å². The van der Waals surface area contributed by atoms with Crippen molar-refractivity contribution in [2.75, 3.05) is 42.9 Å². The van der Waals surface area contributed by atoms with E-state index < -0.39 is 0 Å². The van der Waals surface area contributed by atoms with Gasteiger partial charge in [0.05, 0.1) is 6.54 Å². The quantitative estimate of drug-likeness (QED) is 0.799. The summed E-state index contributed by atoms with van der Waals surface area (Å²) in [7, 11) is 0. The van der Waals surface area contributed by atoms with E-state index in [-0.39, 0.29) is 0 Å². The maximum absolute atomic E-state index is 4.85. The fourth-order valence-corrected chi connectivity index (χ4v) is 4.39. The molecule has 6 heteroatoms. The number of rotatable bonds is 5. The molecule has 31 heavy (non-hydrogen) atoms. The number of piperidine rings is 1. The Morgan fingerprint density at radius 3 is 2.55 bits per heavy atom. The molecule has 160 valence electrons. The molecule has 3 aliphatic heterocycles. The number of hydrogen-bond acceptors (Lipinski definition) is 6. The predicted octanol–water partition coefficient (Wildman–Crippen LogP) is 4.09. The zero-order chi connectivity index (χ0) is 21.0. The molecule has 2 fully saturated rings. The summed E-state index contributed by atoms with van der Waals surface area (Å²) in [6.07, 6.45) is 10.2. The van der Waals surface area contributed by atoms with Crippen molar-refractivity contribution in [3.8, 4) is 0 Å². The van der Waals surface area contributed by atoms with Gasteiger partial charge in [0, 0.05) is 25.2 Å². The zero-order valence-corrected chi connectivity index (χ0v) is 18.2. The third-order valence-electron chi connectivity index (χ3n) is 6.19. The minimum Gasteiger partial charge on any atom is -0.353 e. The zero-order valence-electron chi connectivity index (χ0n) is 18.2. The molecule has 1 aromatic carbocycles. The second-order valence-electron chi connectivity index (χ2n) is 8.69. The van der Waals surface area contributed by atoms with Gasteiger partial charge in [-0.3, -0.25) is 9.89 Å². The van der Waals surface area contributed by atoms with Crippen LogP contribution in [0.1, 0.15) is 37.6 Å². The van der Waals surface area contributed by atoms with Crippen LogP contribution in [0.4, 0.5) is 11.6 Å². The van der Waals surface area contributed by atoms with Gasteiger partial charge in [0.15, 0.2) is 5.82 Å². The van der Waals surface area contributed by atoms with Crippen molar-refractivity contribution in [2.24, 2.45) is 4.99 Å². The molecule has 0 bridgehead atoms. The van der Waals surface area contributed by atoms with Gasteiger partial charge < -0.3 is 10.2 Å². The minimum atomic E-state index is 0.653. The summed E-state index contributed by atoms with van der Waals surface area (Å²) in [6.45, 7) is 7.41. The lowest BCUT2D eigenvalue weighted by Crippen LogP contribution is -2.60. The van der Waals surface area contributed by atoms with E-state index >= 15 is 0 Å². The highest BCUT2D eigenvalue weighted by Crippen LogP contribution is 2.26. The number of aromatic nitrogens is 2. The predicted molar refractivity (Wildman–Crippen MR) is 129 cm³/mol. The molecule has 2 aromatic rings. The molecule has 3 aliphatic rings. The van der Waals surface area contributed by atoms with Crippen LogP contribution in [0.2, 0.25) is 0 Å². The van der Waals surface area contributed by atoms with Gasteiger partial charge in [0.2, 0.25) is 0 Å². The highest BCUT2D eigenvalue weighted by Gasteiger charge is 2.33. The lowest BCUT2D eigenvalue weighted by molar-refractivity contribution is 0.138. The molecular formula is C25H30N6. The fourth-order valence-electron chi connectivity index (χ4n) is 4.39. The van der Waals surface area contributed by atoms with Crippen LogP contribution in [-0.4, -0.2) is 59.5 Å². The summed E-state index contributed by atoms with van der Waals surface area (Å²) in [5, 5.41) is 3.38. The maximum atomic E-state index is 4.85. The van der Waals surface area contributed by atoms with Gasteiger partial charge in [0.1, 0.15) is 17.5 Å². The molecule has 2 saturated heterocycles. The minimum absolute atomic E-state index is 0.653. The Morgan fingerprint density at radius 2 is 1.81 bits per heavy atom. The van der Waals surface area contributed by atoms with Gasteiger partial charge in [0.25, 0.3) is 0 Å². The average molecular weight is 415 g/mol. The largest absolute Gasteiger partial charge is 0.353 e. The topological polar surface area (TPSA) is 56.6 Å². The van der Waals surface area contributed by atoms with Gasteiger partial charge in [-0.2, -0.15) is 0 Å². The number of hydrogen-bond donors (Lipinski definition) is 1. The van der Waals surface area contributed by atoms with Gasteiger partial charge in [-0.25, -0.2) is 9.97 Å². The van der Waals surface area contributed by atoms with Crippen molar-refractivity contribution in [1.82, 2.24) is 14.9 Å². The Balaban J connectivity index is 1.35. The first kappa shape index (κ1) is 19.9. The SMILES string of the molecule is CC1=CC(Nc2cc(N3CC(N4CCCCC4)C3)nc(/C=C/c3ccccc3)n2)=NC1. The smallest absolute Gasteiger partial charge is 0.156 e. The molecule has 6 nitrogen and oxygen atoms in total. The molecular weight excluding hydrogens is 384 g/mol. The van der Waals surface area contributed by atoms with Crippen molar-refractivity contribution in [1.29, 1.82) is 0 Å². The standard InChI is InChI=1S/C25H30N6/c1-19-14-23(26-16-19)28-24-15-25(31-17-21(18-31)30-12-6-3-7-13-30)29-22(27-24)11-10-20-8-4-2-5-9-20/h2,4-5,8-11,14-15,21H,3,6-7,12-13,16-18H2,1H3,(H,26,27,28,29)/b11-10+. The van der Waals surface area contributed by atoms with E-state index in [9.17, 15) is 0 Å². The molecule has 0 radical (unpaired) electrons. The van der Waals surface area contributed by atoms with E-state index in [2.05, 4.69) is 57.4 Å². The molecule has 0 aliphatic carbocycles. The molecule has 4 heterocycles. The van der Waals surface area contributed by atoms with Crippen molar-refractivity contribution in [3.05, 3.63) is 59.4 Å². The number of benzene rings is 1. The Kier molecular flexibility index (Phi) is 5.80. The lowest BCUT2D eigenvalue weighted by Gasteiger charge is -2.47. The number of anilines is 2. The van der Waals surface area contributed by atoms with Crippen molar-refractivity contribution in [2.45, 2.75) is 32.2 Å². The van der Waals surface area contributed by atoms with Crippen LogP contribution in [0, 0.1) is 0 Å². The summed E-state index contributed by atoms with van der Waals surface area (Å²) < 4.78 is 0. The van der Waals surface area contributed by atoms with E-state index in [1.165, 1.54) is 37.9 Å². The van der Waals surface area contributed by atoms with Crippen LogP contribution >= 0.6 is 0 Å². The fraction of sp³-hybridized carbons (Fsp3) is 0.400. The highest BCUT2D eigenvalue weighted by molar-refractivity contribution is 6.05. The van der Waals surface area contributed by atoms with Crippen LogP contribution in [0.25, 0.3) is 12.2 Å². The summed E-state index contributed by atoms with van der Waals surface area (Å²) in [6, 6.07) is 13.0. The van der Waals surface area contributed by atoms with E-state index in [0.717, 1.165) is 42.7 Å². The number of nitrogens with one attached hydrogen (secondary N) is 1. The van der Waals surface area contributed by atoms with Gasteiger partial charge in [-0.1, -0.05) is 42.8 Å². The molecule has 0 spiro atoms. The van der Waals surface area contributed by atoms with E-state index in [4.69, 9.17) is 9.97 Å². The van der Waals surface area contributed by atoms with E-state index in [1.807, 2.05) is 24.3 Å². The van der Waals surface area contributed by atoms with Gasteiger partial charge in [-0.05, 0) is 56.1 Å². The number of amidine groups is 1. The molecule has 0 amide bonds. The molecule has 1 aromatic heterocycles. The first-order valence-corrected chi connectivity index (χ1v) is 11.3. The first-order valence-electron chi connectivity index (χ1n) is 11.3. The summed E-state index contributed by atoms with van der Waals surface area (Å²) in [4.78, 5) is 19.1. The van der Waals surface area contributed by atoms with E-state index in [0.29, 0.717) is 11.9 Å².